The van der Waals surface area contributed by atoms with Crippen molar-refractivity contribution in [2.24, 2.45) is 7.05 Å². The van der Waals surface area contributed by atoms with Crippen LogP contribution in [0.2, 0.25) is 0 Å². The normalized spacial score (nSPS) is 10.7. The summed E-state index contributed by atoms with van der Waals surface area (Å²) in [5.74, 6) is 0.182. The van der Waals surface area contributed by atoms with Crippen LogP contribution in [0.25, 0.3) is 22.2 Å². The highest BCUT2D eigenvalue weighted by atomic mass is 16.5. The fraction of sp³-hybridized carbons (Fsp3) is 0.0435. The average Bonchev–Trinajstić information content (AvgIpc) is 2.70. The number of carbonyl (C=O) groups excluding carboxylic acids is 1. The summed E-state index contributed by atoms with van der Waals surface area (Å²) in [6.45, 7) is 0. The van der Waals surface area contributed by atoms with Gasteiger partial charge in [-0.1, -0.05) is 48.5 Å². The molecule has 0 aliphatic carbocycles. The van der Waals surface area contributed by atoms with Gasteiger partial charge in [0.05, 0.1) is 10.9 Å². The Morgan fingerprint density at radius 1 is 0.808 bits per heavy atom. The third-order valence-corrected chi connectivity index (χ3v) is 4.44. The molecule has 3 heteroatoms. The number of aromatic nitrogens is 1. The number of ether oxygens (including phenoxy) is 1. The lowest BCUT2D eigenvalue weighted by atomic mass is 10.0. The predicted molar refractivity (Wildman–Crippen MR) is 102 cm³/mol. The van der Waals surface area contributed by atoms with Crippen molar-refractivity contribution in [3.63, 3.8) is 0 Å². The van der Waals surface area contributed by atoms with Gasteiger partial charge in [0, 0.05) is 17.7 Å². The molecule has 0 atom stereocenters. The van der Waals surface area contributed by atoms with E-state index in [4.69, 9.17) is 4.74 Å². The fourth-order valence-corrected chi connectivity index (χ4v) is 3.14. The van der Waals surface area contributed by atoms with Crippen LogP contribution in [0.4, 0.5) is 0 Å². The maximum Gasteiger partial charge on any atom is 0.344 e. The van der Waals surface area contributed by atoms with Gasteiger partial charge in [-0.15, -0.1) is 0 Å². The minimum atomic E-state index is -0.356. The first kappa shape index (κ1) is 16.0. The van der Waals surface area contributed by atoms with E-state index in [1.807, 2.05) is 85.9 Å². The van der Waals surface area contributed by atoms with E-state index in [0.717, 1.165) is 22.2 Å². The molecule has 1 aromatic heterocycles. The third kappa shape index (κ3) is 2.95. The number of benzene rings is 3. The molecule has 126 valence electrons. The van der Waals surface area contributed by atoms with Crippen LogP contribution in [0.15, 0.2) is 91.0 Å². The van der Waals surface area contributed by atoms with Crippen LogP contribution in [-0.2, 0) is 7.05 Å². The van der Waals surface area contributed by atoms with Crippen LogP contribution < -0.4 is 9.30 Å². The molecule has 4 rings (SSSR count). The lowest BCUT2D eigenvalue weighted by Gasteiger charge is -2.09. The Balaban J connectivity index is 1.88. The van der Waals surface area contributed by atoms with Crippen molar-refractivity contribution in [3.8, 4) is 17.0 Å². The van der Waals surface area contributed by atoms with Crippen molar-refractivity contribution in [2.45, 2.75) is 0 Å². The Morgan fingerprint density at radius 3 is 2.15 bits per heavy atom. The molecule has 0 aliphatic heterocycles. The smallest absolute Gasteiger partial charge is 0.344 e. The summed E-state index contributed by atoms with van der Waals surface area (Å²) in [4.78, 5) is 12.9. The molecule has 3 nitrogen and oxygen atoms in total. The lowest BCUT2D eigenvalue weighted by molar-refractivity contribution is -0.633. The van der Waals surface area contributed by atoms with Gasteiger partial charge in [0.25, 0.3) is 0 Å². The summed E-state index contributed by atoms with van der Waals surface area (Å²) >= 11 is 0. The van der Waals surface area contributed by atoms with Crippen LogP contribution in [0.1, 0.15) is 10.4 Å². The first-order chi connectivity index (χ1) is 12.7. The molecule has 0 N–H and O–H groups in total. The van der Waals surface area contributed by atoms with Gasteiger partial charge >= 0.3 is 5.97 Å². The molecule has 1 heterocycles. The molecular formula is C23H18NO2+. The third-order valence-electron chi connectivity index (χ3n) is 4.44. The number of carbonyl (C=O) groups is 1. The van der Waals surface area contributed by atoms with E-state index in [1.165, 1.54) is 0 Å². The van der Waals surface area contributed by atoms with E-state index in [1.54, 1.807) is 12.1 Å². The minimum Gasteiger partial charge on any atom is -0.423 e. The quantitative estimate of drug-likeness (QED) is 0.311. The van der Waals surface area contributed by atoms with E-state index >= 15 is 0 Å². The maximum absolute atomic E-state index is 12.9. The monoisotopic (exact) mass is 340 g/mol. The number of pyridine rings is 1. The molecule has 0 saturated heterocycles. The highest BCUT2D eigenvalue weighted by Gasteiger charge is 2.22. The Bertz CT molecular complexity index is 1070. The van der Waals surface area contributed by atoms with Crippen LogP contribution in [0.5, 0.6) is 5.75 Å². The van der Waals surface area contributed by atoms with Crippen molar-refractivity contribution < 1.29 is 14.1 Å². The molecule has 26 heavy (non-hydrogen) atoms. The zero-order valence-electron chi connectivity index (χ0n) is 14.4. The van der Waals surface area contributed by atoms with Crippen molar-refractivity contribution in [1.29, 1.82) is 0 Å². The van der Waals surface area contributed by atoms with Crippen LogP contribution >= 0.6 is 0 Å². The molecule has 0 bridgehead atoms. The number of nitrogens with zero attached hydrogens (tertiary/aromatic N) is 1. The number of hydrogen-bond acceptors (Lipinski definition) is 2. The van der Waals surface area contributed by atoms with Crippen molar-refractivity contribution in [3.05, 3.63) is 96.6 Å². The summed E-state index contributed by atoms with van der Waals surface area (Å²) in [6, 6.07) is 29.0. The van der Waals surface area contributed by atoms with Gasteiger partial charge < -0.3 is 4.74 Å². The van der Waals surface area contributed by atoms with Gasteiger partial charge in [-0.3, -0.25) is 0 Å². The highest BCUT2D eigenvalue weighted by molar-refractivity contribution is 6.04. The number of fused-ring (bicyclic) bond motifs is 1. The summed E-state index contributed by atoms with van der Waals surface area (Å²) in [6.07, 6.45) is 0. The van der Waals surface area contributed by atoms with E-state index in [-0.39, 0.29) is 5.97 Å². The molecule has 0 aliphatic rings. The first-order valence-electron chi connectivity index (χ1n) is 8.48. The Hall–Kier alpha value is -3.46. The van der Waals surface area contributed by atoms with Gasteiger partial charge in [0.1, 0.15) is 12.8 Å². The van der Waals surface area contributed by atoms with Gasteiger partial charge in [-0.25, -0.2) is 4.79 Å². The van der Waals surface area contributed by atoms with Crippen molar-refractivity contribution in [2.75, 3.05) is 0 Å². The molecule has 0 spiro atoms. The standard InChI is InChI=1S/C23H18NO2/c1-24-21-15-9-8-14-19(21)20(16-22(24)17-10-4-2-5-11-17)23(25)26-18-12-6-3-7-13-18/h2-16H,1H3/q+1. The van der Waals surface area contributed by atoms with Crippen LogP contribution in [-0.4, -0.2) is 5.97 Å². The van der Waals surface area contributed by atoms with Gasteiger partial charge in [0.2, 0.25) is 11.2 Å². The summed E-state index contributed by atoms with van der Waals surface area (Å²) < 4.78 is 7.69. The lowest BCUT2D eigenvalue weighted by Crippen LogP contribution is -2.33. The zero-order valence-corrected chi connectivity index (χ0v) is 14.4. The number of para-hydroxylation sites is 2. The second-order valence-corrected chi connectivity index (χ2v) is 6.09. The average molecular weight is 340 g/mol. The fourth-order valence-electron chi connectivity index (χ4n) is 3.14. The number of rotatable bonds is 3. The Kier molecular flexibility index (Phi) is 4.20. The Morgan fingerprint density at radius 2 is 1.42 bits per heavy atom. The molecular weight excluding hydrogens is 322 g/mol. The number of hydrogen-bond donors (Lipinski definition) is 0. The van der Waals surface area contributed by atoms with Crippen molar-refractivity contribution in [1.82, 2.24) is 0 Å². The van der Waals surface area contributed by atoms with E-state index in [9.17, 15) is 4.79 Å². The van der Waals surface area contributed by atoms with Gasteiger partial charge in [-0.05, 0) is 30.3 Å². The number of aryl methyl sites for hydroxylation is 1. The summed E-state index contributed by atoms with van der Waals surface area (Å²) in [7, 11) is 2.01. The van der Waals surface area contributed by atoms with E-state index in [2.05, 4.69) is 4.57 Å². The maximum atomic E-state index is 12.9. The molecule has 0 fully saturated rings. The second-order valence-electron chi connectivity index (χ2n) is 6.09. The van der Waals surface area contributed by atoms with Crippen molar-refractivity contribution >= 4 is 16.9 Å². The summed E-state index contributed by atoms with van der Waals surface area (Å²) in [5.41, 5.74) is 3.55. The Labute approximate surface area is 152 Å². The molecule has 0 amide bonds. The topological polar surface area (TPSA) is 30.2 Å². The SMILES string of the molecule is C[n+]1c(-c2ccccc2)cc(C(=O)Oc2ccccc2)c2ccccc21. The summed E-state index contributed by atoms with van der Waals surface area (Å²) in [5, 5.41) is 0.871. The first-order valence-corrected chi connectivity index (χ1v) is 8.48. The van der Waals surface area contributed by atoms with Gasteiger partial charge in [0.15, 0.2) is 0 Å². The van der Waals surface area contributed by atoms with E-state index < -0.39 is 0 Å². The molecule has 0 radical (unpaired) electrons. The zero-order chi connectivity index (χ0) is 17.9. The number of esters is 1. The van der Waals surface area contributed by atoms with Crippen LogP contribution in [0, 0.1) is 0 Å². The van der Waals surface area contributed by atoms with Crippen LogP contribution in [0.3, 0.4) is 0 Å². The minimum absolute atomic E-state index is 0.356. The molecule has 3 aromatic carbocycles. The molecule has 0 unspecified atom stereocenters. The molecule has 4 aromatic rings. The van der Waals surface area contributed by atoms with Gasteiger partial charge in [-0.2, -0.15) is 4.57 Å². The second kappa shape index (κ2) is 6.81. The van der Waals surface area contributed by atoms with E-state index in [0.29, 0.717) is 11.3 Å². The highest BCUT2D eigenvalue weighted by Crippen LogP contribution is 2.24. The predicted octanol–water partition coefficient (Wildman–Crippen LogP) is 4.55. The molecule has 0 saturated carbocycles. The largest absolute Gasteiger partial charge is 0.423 e.